The summed E-state index contributed by atoms with van der Waals surface area (Å²) >= 11 is 0. The van der Waals surface area contributed by atoms with Gasteiger partial charge >= 0.3 is 5.97 Å². The predicted molar refractivity (Wildman–Crippen MR) is 132 cm³/mol. The van der Waals surface area contributed by atoms with Gasteiger partial charge in [0.25, 0.3) is 0 Å². The highest BCUT2D eigenvalue weighted by molar-refractivity contribution is 5.74. The number of ether oxygens (including phenoxy) is 2. The van der Waals surface area contributed by atoms with E-state index in [4.69, 9.17) is 9.47 Å². The fourth-order valence-corrected chi connectivity index (χ4v) is 10.9. The van der Waals surface area contributed by atoms with Crippen molar-refractivity contribution in [2.24, 2.45) is 45.3 Å². The molecule has 4 nitrogen and oxygen atoms in total. The molecule has 34 heavy (non-hydrogen) atoms. The normalized spacial score (nSPS) is 57.8. The third kappa shape index (κ3) is 2.51. The van der Waals surface area contributed by atoms with Crippen LogP contribution in [0.2, 0.25) is 0 Å². The topological polar surface area (TPSA) is 55.8 Å². The molecule has 2 spiro atoms. The number of aliphatic hydroxyl groups is 1. The van der Waals surface area contributed by atoms with Gasteiger partial charge in [0.15, 0.2) is 0 Å². The van der Waals surface area contributed by atoms with Crippen LogP contribution in [0.15, 0.2) is 11.6 Å². The van der Waals surface area contributed by atoms with Crippen LogP contribution in [0, 0.1) is 45.3 Å². The summed E-state index contributed by atoms with van der Waals surface area (Å²) < 4.78 is 13.1. The first-order valence-electron chi connectivity index (χ1n) is 14.1. The molecule has 5 fully saturated rings. The van der Waals surface area contributed by atoms with E-state index in [1.807, 2.05) is 6.92 Å². The second-order valence-electron chi connectivity index (χ2n) is 14.6. The Morgan fingerprint density at radius 2 is 1.71 bits per heavy atom. The van der Waals surface area contributed by atoms with Gasteiger partial charge in [-0.05, 0) is 78.9 Å². The van der Waals surface area contributed by atoms with Crippen molar-refractivity contribution in [3.8, 4) is 0 Å². The Balaban J connectivity index is 1.39. The molecular weight excluding hydrogens is 424 g/mol. The molecule has 3 saturated carbocycles. The van der Waals surface area contributed by atoms with Crippen molar-refractivity contribution in [2.75, 3.05) is 0 Å². The molecule has 4 aliphatic carbocycles. The van der Waals surface area contributed by atoms with Crippen LogP contribution in [-0.2, 0) is 14.3 Å². The zero-order chi connectivity index (χ0) is 24.5. The summed E-state index contributed by atoms with van der Waals surface area (Å²) in [5, 5.41) is 10.9. The smallest absolute Gasteiger partial charge is 0.311 e. The molecule has 2 heterocycles. The fraction of sp³-hybridized carbons (Fsp3) is 0.900. The highest BCUT2D eigenvalue weighted by atomic mass is 16.7. The monoisotopic (exact) mass is 470 g/mol. The van der Waals surface area contributed by atoms with E-state index in [0.717, 1.165) is 38.5 Å². The number of carbonyl (C=O) groups is 1. The predicted octanol–water partition coefficient (Wildman–Crippen LogP) is 6.41. The van der Waals surface area contributed by atoms with Crippen molar-refractivity contribution in [1.82, 2.24) is 0 Å². The van der Waals surface area contributed by atoms with Gasteiger partial charge in [-0.15, -0.1) is 0 Å². The zero-order valence-electron chi connectivity index (χ0n) is 22.5. The molecular formula is C30H46O4. The Bertz CT molecular complexity index is 953. The molecule has 190 valence electrons. The lowest BCUT2D eigenvalue weighted by atomic mass is 9.40. The number of hydrogen-bond acceptors (Lipinski definition) is 4. The maximum absolute atomic E-state index is 12.4. The van der Waals surface area contributed by atoms with E-state index in [1.165, 1.54) is 12.8 Å². The quantitative estimate of drug-likeness (QED) is 0.328. The molecule has 4 heteroatoms. The number of aliphatic hydroxyl groups excluding tert-OH is 1. The maximum Gasteiger partial charge on any atom is 0.311 e. The Morgan fingerprint density at radius 1 is 0.971 bits per heavy atom. The van der Waals surface area contributed by atoms with Crippen molar-refractivity contribution in [3.05, 3.63) is 11.6 Å². The SMILES string of the molecule is C[C@@H]1C[C@]2(C[C@@H](C)[C@@]3(CC[C@@]4(C)C5=CC[C@H]6C(C)(C)[C@H](O)CC[C@]6(C)[C@@H]5CC[C@@]43C)O2)OC1=O. The van der Waals surface area contributed by atoms with Crippen molar-refractivity contribution in [3.63, 3.8) is 0 Å². The summed E-state index contributed by atoms with van der Waals surface area (Å²) in [5.74, 6) is 0.649. The van der Waals surface area contributed by atoms with Crippen LogP contribution in [0.5, 0.6) is 0 Å². The molecule has 1 N–H and O–H groups in total. The standard InChI is InChI=1S/C30H46O4/c1-18-16-29(33-24(18)32)17-19(2)30(34-29)15-14-27(6)21-8-9-22-25(3,4)23(31)11-12-26(22,5)20(21)10-13-28(27,30)7/h8,18-20,22-23,31H,9-17H2,1-7H3/t18-,19-,20-,22+,23-,26-,27+,28+,29+,30-/m1/s1. The summed E-state index contributed by atoms with van der Waals surface area (Å²) in [7, 11) is 0. The van der Waals surface area contributed by atoms with Gasteiger partial charge in [-0.3, -0.25) is 4.79 Å². The van der Waals surface area contributed by atoms with Crippen LogP contribution in [0.3, 0.4) is 0 Å². The number of hydrogen-bond donors (Lipinski definition) is 1. The lowest BCUT2D eigenvalue weighted by Crippen LogP contribution is -2.60. The van der Waals surface area contributed by atoms with E-state index >= 15 is 0 Å². The van der Waals surface area contributed by atoms with Gasteiger partial charge in [-0.25, -0.2) is 0 Å². The van der Waals surface area contributed by atoms with Gasteiger partial charge in [0.1, 0.15) is 0 Å². The molecule has 2 aliphatic heterocycles. The van der Waals surface area contributed by atoms with Crippen molar-refractivity contribution >= 4 is 5.97 Å². The Morgan fingerprint density at radius 3 is 2.38 bits per heavy atom. The molecule has 0 unspecified atom stereocenters. The van der Waals surface area contributed by atoms with Gasteiger partial charge < -0.3 is 14.6 Å². The van der Waals surface area contributed by atoms with Gasteiger partial charge in [0, 0.05) is 18.3 Å². The minimum atomic E-state index is -0.706. The number of carbonyl (C=O) groups excluding carboxylic acids is 1. The lowest BCUT2D eigenvalue weighted by Gasteiger charge is -2.65. The van der Waals surface area contributed by atoms with E-state index in [1.54, 1.807) is 5.57 Å². The van der Waals surface area contributed by atoms with Crippen LogP contribution in [0.25, 0.3) is 0 Å². The number of esters is 1. The third-order valence-corrected chi connectivity index (χ3v) is 13.1. The van der Waals surface area contributed by atoms with Crippen LogP contribution in [0.1, 0.15) is 106 Å². The first-order valence-corrected chi connectivity index (χ1v) is 14.1. The van der Waals surface area contributed by atoms with E-state index < -0.39 is 5.79 Å². The molecule has 2 saturated heterocycles. The first-order chi connectivity index (χ1) is 15.7. The number of fused-ring (bicyclic) bond motifs is 6. The largest absolute Gasteiger partial charge is 0.433 e. The summed E-state index contributed by atoms with van der Waals surface area (Å²) in [5.41, 5.74) is 1.84. The van der Waals surface area contributed by atoms with Crippen LogP contribution in [-0.4, -0.2) is 28.6 Å². The second kappa shape index (κ2) is 6.71. The van der Waals surface area contributed by atoms with Crippen molar-refractivity contribution in [1.29, 1.82) is 0 Å². The summed E-state index contributed by atoms with van der Waals surface area (Å²) in [6, 6.07) is 0. The molecule has 0 amide bonds. The van der Waals surface area contributed by atoms with E-state index in [2.05, 4.69) is 47.6 Å². The zero-order valence-corrected chi connectivity index (χ0v) is 22.5. The second-order valence-corrected chi connectivity index (χ2v) is 14.6. The van der Waals surface area contributed by atoms with E-state index in [-0.39, 0.29) is 45.3 Å². The maximum atomic E-state index is 12.4. The summed E-state index contributed by atoms with van der Waals surface area (Å²) in [6.07, 6.45) is 11.7. The molecule has 0 aromatic heterocycles. The molecule has 0 aromatic carbocycles. The molecule has 10 atom stereocenters. The molecule has 0 bridgehead atoms. The van der Waals surface area contributed by atoms with Gasteiger partial charge in [0.05, 0.1) is 17.6 Å². The van der Waals surface area contributed by atoms with Crippen molar-refractivity contribution in [2.45, 2.75) is 124 Å². The fourth-order valence-electron chi connectivity index (χ4n) is 10.9. The van der Waals surface area contributed by atoms with Crippen molar-refractivity contribution < 1.29 is 19.4 Å². The summed E-state index contributed by atoms with van der Waals surface area (Å²) in [4.78, 5) is 12.4. The van der Waals surface area contributed by atoms with Crippen LogP contribution >= 0.6 is 0 Å². The van der Waals surface area contributed by atoms with Gasteiger partial charge in [0.2, 0.25) is 5.79 Å². The number of allylic oxidation sites excluding steroid dienone is 2. The Kier molecular flexibility index (Phi) is 4.64. The minimum absolute atomic E-state index is 0.0356. The van der Waals surface area contributed by atoms with Crippen LogP contribution in [0.4, 0.5) is 0 Å². The first kappa shape index (κ1) is 23.5. The average molecular weight is 471 g/mol. The number of rotatable bonds is 0. The average Bonchev–Trinajstić information content (AvgIpc) is 3.28. The van der Waals surface area contributed by atoms with E-state index in [9.17, 15) is 9.90 Å². The van der Waals surface area contributed by atoms with Gasteiger partial charge in [-0.2, -0.15) is 0 Å². The third-order valence-electron chi connectivity index (χ3n) is 13.1. The van der Waals surface area contributed by atoms with E-state index in [0.29, 0.717) is 24.2 Å². The minimum Gasteiger partial charge on any atom is -0.433 e. The molecule has 0 radical (unpaired) electrons. The lowest BCUT2D eigenvalue weighted by molar-refractivity contribution is -0.258. The van der Waals surface area contributed by atoms with Gasteiger partial charge in [-0.1, -0.05) is 60.1 Å². The highest BCUT2D eigenvalue weighted by Crippen LogP contribution is 2.77. The molecule has 6 rings (SSSR count). The van der Waals surface area contributed by atoms with Crippen LogP contribution < -0.4 is 0 Å². The molecule has 6 aliphatic rings. The Labute approximate surface area is 206 Å². The summed E-state index contributed by atoms with van der Waals surface area (Å²) in [6.45, 7) is 16.5. The molecule has 0 aromatic rings. The highest BCUT2D eigenvalue weighted by Gasteiger charge is 2.75. The Hall–Kier alpha value is -0.870.